The third kappa shape index (κ3) is 6.19. The highest BCUT2D eigenvalue weighted by molar-refractivity contribution is 5.73. The molecule has 0 aliphatic carbocycles. The van der Waals surface area contributed by atoms with Crippen LogP contribution in [0, 0.1) is 11.8 Å². The Morgan fingerprint density at radius 2 is 2.09 bits per heavy atom. The summed E-state index contributed by atoms with van der Waals surface area (Å²) in [6.07, 6.45) is 6.26. The normalized spacial score (nSPS) is 20.0. The molecule has 3 heteroatoms. The molecular weight excluding hydrogens is 284 g/mol. The highest BCUT2D eigenvalue weighted by atomic mass is 16.1. The number of rotatable bonds is 7. The van der Waals surface area contributed by atoms with Crippen molar-refractivity contribution in [2.75, 3.05) is 19.6 Å². The second-order valence-electron chi connectivity index (χ2n) is 7.05. The van der Waals surface area contributed by atoms with E-state index >= 15 is 0 Å². The van der Waals surface area contributed by atoms with E-state index in [0.717, 1.165) is 26.1 Å². The van der Waals surface area contributed by atoms with Crippen LogP contribution in [0.1, 0.15) is 45.1 Å². The van der Waals surface area contributed by atoms with Crippen molar-refractivity contribution in [1.29, 1.82) is 0 Å². The monoisotopic (exact) mass is 314 g/mol. The maximum absolute atomic E-state index is 11.0. The first-order valence-electron chi connectivity index (χ1n) is 8.81. The Hall–Kier alpha value is -1.61. The largest absolute Gasteiger partial charge is 0.370 e. The lowest BCUT2D eigenvalue weighted by atomic mass is 9.92. The fourth-order valence-corrected chi connectivity index (χ4v) is 3.41. The molecule has 1 aromatic rings. The molecule has 1 atom stereocenters. The van der Waals surface area contributed by atoms with E-state index in [1.807, 2.05) is 0 Å². The number of amides is 1. The average Bonchev–Trinajstić information content (AvgIpc) is 2.53. The lowest BCUT2D eigenvalue weighted by Crippen LogP contribution is -2.36. The second-order valence-corrected chi connectivity index (χ2v) is 7.05. The fourth-order valence-electron chi connectivity index (χ4n) is 3.41. The number of hydrogen-bond donors (Lipinski definition) is 1. The molecule has 1 saturated heterocycles. The van der Waals surface area contributed by atoms with E-state index in [0.29, 0.717) is 18.3 Å². The summed E-state index contributed by atoms with van der Waals surface area (Å²) in [6, 6.07) is 10.7. The number of nitrogens with two attached hydrogens (primary N) is 1. The fraction of sp³-hybridized carbons (Fsp3) is 0.550. The lowest BCUT2D eigenvalue weighted by molar-refractivity contribution is -0.118. The molecule has 1 aliphatic rings. The molecule has 0 saturated carbocycles. The Kier molecular flexibility index (Phi) is 6.85. The van der Waals surface area contributed by atoms with Gasteiger partial charge >= 0.3 is 0 Å². The molecule has 0 aromatic heterocycles. The van der Waals surface area contributed by atoms with Gasteiger partial charge < -0.3 is 5.73 Å². The number of nitrogens with zero attached hydrogens (tertiary/aromatic N) is 1. The van der Waals surface area contributed by atoms with Crippen molar-refractivity contribution in [2.45, 2.75) is 39.5 Å². The summed E-state index contributed by atoms with van der Waals surface area (Å²) in [5.41, 5.74) is 8.03. The zero-order chi connectivity index (χ0) is 16.7. The molecule has 1 aliphatic heterocycles. The standard InChI is InChI=1S/C20H30N2O/c1-16(2)13-19(18-8-4-3-5-9-18)15-22-12-6-7-17(14-22)10-11-20(21)23/h3-5,8-9,13,16-17H,6-7,10-12,14-15H2,1-2H3,(H2,21,23)/b19-13+. The maximum Gasteiger partial charge on any atom is 0.217 e. The van der Waals surface area contributed by atoms with Gasteiger partial charge in [-0.15, -0.1) is 0 Å². The number of carbonyl (C=O) groups is 1. The summed E-state index contributed by atoms with van der Waals surface area (Å²) in [4.78, 5) is 13.5. The minimum Gasteiger partial charge on any atom is -0.370 e. The van der Waals surface area contributed by atoms with Gasteiger partial charge in [0.25, 0.3) is 0 Å². The van der Waals surface area contributed by atoms with Crippen molar-refractivity contribution < 1.29 is 4.79 Å². The van der Waals surface area contributed by atoms with Crippen molar-refractivity contribution in [3.63, 3.8) is 0 Å². The predicted molar refractivity (Wildman–Crippen MR) is 96.8 cm³/mol. The minimum atomic E-state index is -0.174. The third-order valence-corrected chi connectivity index (χ3v) is 4.48. The zero-order valence-electron chi connectivity index (χ0n) is 14.5. The van der Waals surface area contributed by atoms with Crippen molar-refractivity contribution >= 4 is 11.5 Å². The van der Waals surface area contributed by atoms with E-state index < -0.39 is 0 Å². The predicted octanol–water partition coefficient (Wildman–Crippen LogP) is 3.70. The van der Waals surface area contributed by atoms with E-state index in [2.05, 4.69) is 55.2 Å². The number of allylic oxidation sites excluding steroid dienone is 1. The minimum absolute atomic E-state index is 0.174. The summed E-state index contributed by atoms with van der Waals surface area (Å²) in [5.74, 6) is 0.972. The van der Waals surface area contributed by atoms with Gasteiger partial charge in [0.2, 0.25) is 5.91 Å². The summed E-state index contributed by atoms with van der Waals surface area (Å²) in [7, 11) is 0. The van der Waals surface area contributed by atoms with Gasteiger partial charge in [-0.3, -0.25) is 9.69 Å². The molecule has 0 spiro atoms. The van der Waals surface area contributed by atoms with Crippen LogP contribution >= 0.6 is 0 Å². The quantitative estimate of drug-likeness (QED) is 0.834. The van der Waals surface area contributed by atoms with Crippen LogP contribution in [0.5, 0.6) is 0 Å². The van der Waals surface area contributed by atoms with E-state index in [1.54, 1.807) is 0 Å². The second kappa shape index (κ2) is 8.88. The Bertz CT molecular complexity index is 522. The van der Waals surface area contributed by atoms with E-state index in [9.17, 15) is 4.79 Å². The molecule has 2 N–H and O–H groups in total. The Morgan fingerprint density at radius 1 is 1.35 bits per heavy atom. The van der Waals surface area contributed by atoms with Crippen molar-refractivity contribution in [2.24, 2.45) is 17.6 Å². The van der Waals surface area contributed by atoms with Gasteiger partial charge in [-0.25, -0.2) is 0 Å². The summed E-state index contributed by atoms with van der Waals surface area (Å²) in [5, 5.41) is 0. The van der Waals surface area contributed by atoms with Gasteiger partial charge in [0, 0.05) is 19.5 Å². The Balaban J connectivity index is 2.00. The summed E-state index contributed by atoms with van der Waals surface area (Å²) < 4.78 is 0. The molecule has 1 heterocycles. The van der Waals surface area contributed by atoms with Gasteiger partial charge in [-0.2, -0.15) is 0 Å². The number of benzene rings is 1. The van der Waals surface area contributed by atoms with Crippen LogP contribution in [0.25, 0.3) is 5.57 Å². The van der Waals surface area contributed by atoms with Crippen LogP contribution < -0.4 is 5.73 Å². The molecule has 3 nitrogen and oxygen atoms in total. The zero-order valence-corrected chi connectivity index (χ0v) is 14.5. The number of likely N-dealkylation sites (tertiary alicyclic amines) is 1. The first-order valence-corrected chi connectivity index (χ1v) is 8.81. The molecule has 2 rings (SSSR count). The Labute approximate surface area is 140 Å². The molecule has 126 valence electrons. The van der Waals surface area contributed by atoms with Crippen LogP contribution in [0.4, 0.5) is 0 Å². The molecule has 23 heavy (non-hydrogen) atoms. The summed E-state index contributed by atoms with van der Waals surface area (Å²) >= 11 is 0. The highest BCUT2D eigenvalue weighted by Crippen LogP contribution is 2.24. The molecule has 1 amide bonds. The van der Waals surface area contributed by atoms with Gasteiger partial charge in [-0.05, 0) is 48.8 Å². The average molecular weight is 314 g/mol. The van der Waals surface area contributed by atoms with Crippen molar-refractivity contribution in [1.82, 2.24) is 4.90 Å². The topological polar surface area (TPSA) is 46.3 Å². The molecule has 0 radical (unpaired) electrons. The third-order valence-electron chi connectivity index (χ3n) is 4.48. The van der Waals surface area contributed by atoms with Gasteiger partial charge in [0.15, 0.2) is 0 Å². The van der Waals surface area contributed by atoms with E-state index in [4.69, 9.17) is 5.73 Å². The van der Waals surface area contributed by atoms with Crippen LogP contribution in [0.2, 0.25) is 0 Å². The number of carbonyl (C=O) groups excluding carboxylic acids is 1. The maximum atomic E-state index is 11.0. The molecule has 1 aromatic carbocycles. The summed E-state index contributed by atoms with van der Waals surface area (Å²) in [6.45, 7) is 7.68. The van der Waals surface area contributed by atoms with E-state index in [-0.39, 0.29) is 5.91 Å². The van der Waals surface area contributed by atoms with Crippen LogP contribution in [-0.4, -0.2) is 30.4 Å². The van der Waals surface area contributed by atoms with Crippen LogP contribution in [0.15, 0.2) is 36.4 Å². The van der Waals surface area contributed by atoms with Crippen molar-refractivity contribution in [3.8, 4) is 0 Å². The first-order chi connectivity index (χ1) is 11.0. The van der Waals surface area contributed by atoms with Crippen molar-refractivity contribution in [3.05, 3.63) is 42.0 Å². The molecule has 1 unspecified atom stereocenters. The lowest BCUT2D eigenvalue weighted by Gasteiger charge is -2.33. The van der Waals surface area contributed by atoms with Crippen LogP contribution in [0.3, 0.4) is 0 Å². The van der Waals surface area contributed by atoms with Crippen LogP contribution in [-0.2, 0) is 4.79 Å². The smallest absolute Gasteiger partial charge is 0.217 e. The first kappa shape index (κ1) is 17.7. The van der Waals surface area contributed by atoms with Gasteiger partial charge in [0.05, 0.1) is 0 Å². The molecule has 1 fully saturated rings. The number of piperidine rings is 1. The Morgan fingerprint density at radius 3 is 2.74 bits per heavy atom. The van der Waals surface area contributed by atoms with Gasteiger partial charge in [0.1, 0.15) is 0 Å². The number of primary amides is 1. The SMILES string of the molecule is CC(C)/C=C(\CN1CCCC(CCC(N)=O)C1)c1ccccc1. The van der Waals surface area contributed by atoms with E-state index in [1.165, 1.54) is 24.0 Å². The molecular formula is C20H30N2O. The number of hydrogen-bond acceptors (Lipinski definition) is 2. The highest BCUT2D eigenvalue weighted by Gasteiger charge is 2.21. The molecule has 0 bridgehead atoms. The van der Waals surface area contributed by atoms with Gasteiger partial charge in [-0.1, -0.05) is 50.3 Å².